The summed E-state index contributed by atoms with van der Waals surface area (Å²) in [6.07, 6.45) is -21.1. The predicted octanol–water partition coefficient (Wildman–Crippen LogP) is -7.29. The van der Waals surface area contributed by atoms with Gasteiger partial charge in [-0.3, -0.25) is 9.59 Å². The minimum atomic E-state index is -1.85. The molecule has 0 spiro atoms. The number of ether oxygens (including phenoxy) is 5. The SMILES string of the molecule is CC(=O)N[C@@H]1[C@@H](O)[C@H](O[C@@H]2O[C@H](CO)[C@@H](O[C@@H]3O[C@H](CO)[C@@H](O)[C@H](O)[C@H]3O)[C@H](O)[C@H]2NC(C)=O)[C@@H](CO)O[C@H]1O. The molecule has 0 radical (unpaired) electrons. The molecule has 0 saturated carbocycles. The molecule has 3 aliphatic rings. The third-order valence-electron chi connectivity index (χ3n) is 6.90. The predicted molar refractivity (Wildman–Crippen MR) is 124 cm³/mol. The van der Waals surface area contributed by atoms with Crippen LogP contribution in [0, 0.1) is 0 Å². The van der Waals surface area contributed by atoms with E-state index in [1.165, 1.54) is 0 Å². The quantitative estimate of drug-likeness (QED) is 0.120. The van der Waals surface area contributed by atoms with Gasteiger partial charge in [0.25, 0.3) is 0 Å². The number of amides is 2. The Labute approximate surface area is 228 Å². The Morgan fingerprint density at radius 3 is 1.57 bits per heavy atom. The van der Waals surface area contributed by atoms with Gasteiger partial charge in [0.2, 0.25) is 11.8 Å². The summed E-state index contributed by atoms with van der Waals surface area (Å²) in [6.45, 7) is -0.117. The van der Waals surface area contributed by atoms with Crippen molar-refractivity contribution in [2.24, 2.45) is 0 Å². The van der Waals surface area contributed by atoms with Crippen LogP contribution in [-0.2, 0) is 33.3 Å². The fourth-order valence-electron chi connectivity index (χ4n) is 4.87. The van der Waals surface area contributed by atoms with Crippen LogP contribution in [0.1, 0.15) is 13.8 Å². The maximum atomic E-state index is 12.0. The number of aliphatic hydroxyl groups is 9. The zero-order valence-electron chi connectivity index (χ0n) is 21.7. The van der Waals surface area contributed by atoms with Crippen LogP contribution in [0.2, 0.25) is 0 Å². The molecule has 15 atom stereocenters. The molecule has 40 heavy (non-hydrogen) atoms. The van der Waals surface area contributed by atoms with Gasteiger partial charge >= 0.3 is 0 Å². The molecule has 3 heterocycles. The van der Waals surface area contributed by atoms with Crippen LogP contribution < -0.4 is 10.6 Å². The number of carbonyl (C=O) groups is 2. The Morgan fingerprint density at radius 2 is 1.05 bits per heavy atom. The molecule has 3 saturated heterocycles. The first-order valence-electron chi connectivity index (χ1n) is 12.6. The normalized spacial score (nSPS) is 46.0. The second-order valence-electron chi connectivity index (χ2n) is 9.81. The summed E-state index contributed by atoms with van der Waals surface area (Å²) in [4.78, 5) is 23.5. The highest BCUT2D eigenvalue weighted by Gasteiger charge is 2.54. The molecule has 0 unspecified atom stereocenters. The van der Waals surface area contributed by atoms with Gasteiger partial charge in [0, 0.05) is 13.8 Å². The molecule has 0 aliphatic carbocycles. The molecule has 0 aromatic carbocycles. The first-order chi connectivity index (χ1) is 18.8. The molecule has 3 rings (SSSR count). The van der Waals surface area contributed by atoms with Gasteiger partial charge in [0.15, 0.2) is 18.9 Å². The molecular formula is C22H38N2O16. The third-order valence-corrected chi connectivity index (χ3v) is 6.90. The summed E-state index contributed by atoms with van der Waals surface area (Å²) in [7, 11) is 0. The molecule has 11 N–H and O–H groups in total. The zero-order chi connectivity index (χ0) is 29.9. The van der Waals surface area contributed by atoms with E-state index >= 15 is 0 Å². The van der Waals surface area contributed by atoms with Crippen molar-refractivity contribution in [2.45, 2.75) is 106 Å². The monoisotopic (exact) mass is 586 g/mol. The van der Waals surface area contributed by atoms with E-state index < -0.39 is 124 Å². The average molecular weight is 587 g/mol. The van der Waals surface area contributed by atoms with E-state index in [-0.39, 0.29) is 0 Å². The van der Waals surface area contributed by atoms with Crippen molar-refractivity contribution in [1.29, 1.82) is 0 Å². The van der Waals surface area contributed by atoms with Crippen molar-refractivity contribution >= 4 is 11.8 Å². The van der Waals surface area contributed by atoms with E-state index in [1.54, 1.807) is 0 Å². The largest absolute Gasteiger partial charge is 0.394 e. The maximum Gasteiger partial charge on any atom is 0.217 e. The first-order valence-corrected chi connectivity index (χ1v) is 12.6. The minimum absolute atomic E-state index is 0.623. The van der Waals surface area contributed by atoms with Gasteiger partial charge in [-0.2, -0.15) is 0 Å². The van der Waals surface area contributed by atoms with E-state index in [0.29, 0.717) is 0 Å². The lowest BCUT2D eigenvalue weighted by Gasteiger charge is -2.49. The second kappa shape index (κ2) is 14.0. The van der Waals surface area contributed by atoms with Gasteiger partial charge in [-0.05, 0) is 0 Å². The Balaban J connectivity index is 1.85. The smallest absolute Gasteiger partial charge is 0.217 e. The van der Waals surface area contributed by atoms with Crippen LogP contribution in [0.4, 0.5) is 0 Å². The summed E-state index contributed by atoms with van der Waals surface area (Å²) in [5.74, 6) is -1.30. The zero-order valence-corrected chi connectivity index (χ0v) is 21.7. The van der Waals surface area contributed by atoms with Gasteiger partial charge in [-0.15, -0.1) is 0 Å². The molecule has 18 nitrogen and oxygen atoms in total. The second-order valence-corrected chi connectivity index (χ2v) is 9.81. The molecular weight excluding hydrogens is 548 g/mol. The Kier molecular flexibility index (Phi) is 11.5. The Morgan fingerprint density at radius 1 is 0.600 bits per heavy atom. The molecule has 3 fully saturated rings. The topological polar surface area (TPSA) is 286 Å². The third kappa shape index (κ3) is 7.05. The highest BCUT2D eigenvalue weighted by Crippen LogP contribution is 2.32. The highest BCUT2D eigenvalue weighted by atomic mass is 16.7. The molecule has 0 bridgehead atoms. The fraction of sp³-hybridized carbons (Fsp3) is 0.909. The van der Waals surface area contributed by atoms with Gasteiger partial charge < -0.3 is 80.3 Å². The summed E-state index contributed by atoms with van der Waals surface area (Å²) in [5, 5.41) is 96.5. The van der Waals surface area contributed by atoms with Gasteiger partial charge in [0.1, 0.15) is 73.1 Å². The standard InChI is InChI=1S/C22H38N2O16/c1-6(28)23-11-14(31)18(9(4-26)36-20(11)35)39-21-12(24-7(2)29)15(32)19(10(5-27)38-21)40-22-17(34)16(33)13(30)8(3-25)37-22/h8-22,25-27,30-35H,3-5H2,1-2H3,(H,23,28)(H,24,29)/t8-,9-,10-,11-,12-,13-,14-,15-,16+,17-,18-,19-,20-,21+,22+/m1/s1. The molecule has 0 aromatic heterocycles. The summed E-state index contributed by atoms with van der Waals surface area (Å²) < 4.78 is 27.7. The van der Waals surface area contributed by atoms with Crippen LogP contribution in [0.25, 0.3) is 0 Å². The van der Waals surface area contributed by atoms with Gasteiger partial charge in [-0.25, -0.2) is 0 Å². The number of hydrogen-bond donors (Lipinski definition) is 11. The van der Waals surface area contributed by atoms with Crippen molar-refractivity contribution in [3.8, 4) is 0 Å². The number of aliphatic hydroxyl groups excluding tert-OH is 9. The van der Waals surface area contributed by atoms with Crippen molar-refractivity contribution in [1.82, 2.24) is 10.6 Å². The van der Waals surface area contributed by atoms with Crippen molar-refractivity contribution in [2.75, 3.05) is 19.8 Å². The average Bonchev–Trinajstić information content (AvgIpc) is 2.90. The van der Waals surface area contributed by atoms with Crippen molar-refractivity contribution in [3.63, 3.8) is 0 Å². The van der Waals surface area contributed by atoms with Crippen LogP contribution >= 0.6 is 0 Å². The fourth-order valence-corrected chi connectivity index (χ4v) is 4.87. The maximum absolute atomic E-state index is 12.0. The lowest BCUT2D eigenvalue weighted by Crippen LogP contribution is -2.70. The summed E-state index contributed by atoms with van der Waals surface area (Å²) >= 11 is 0. The van der Waals surface area contributed by atoms with Crippen LogP contribution in [-0.4, -0.2) is 170 Å². The van der Waals surface area contributed by atoms with Crippen molar-refractivity contribution in [3.05, 3.63) is 0 Å². The highest BCUT2D eigenvalue weighted by molar-refractivity contribution is 5.73. The van der Waals surface area contributed by atoms with Crippen LogP contribution in [0.15, 0.2) is 0 Å². The lowest BCUT2D eigenvalue weighted by atomic mass is 9.94. The van der Waals surface area contributed by atoms with Crippen LogP contribution in [0.3, 0.4) is 0 Å². The van der Waals surface area contributed by atoms with E-state index in [1.807, 2.05) is 0 Å². The minimum Gasteiger partial charge on any atom is -0.394 e. The van der Waals surface area contributed by atoms with E-state index in [9.17, 15) is 55.5 Å². The first kappa shape index (κ1) is 32.9. The molecule has 0 aromatic rings. The van der Waals surface area contributed by atoms with E-state index in [4.69, 9.17) is 23.7 Å². The molecule has 18 heteroatoms. The van der Waals surface area contributed by atoms with E-state index in [2.05, 4.69) is 10.6 Å². The number of nitrogens with one attached hydrogen (secondary N) is 2. The number of carbonyl (C=O) groups excluding carboxylic acids is 2. The van der Waals surface area contributed by atoms with Gasteiger partial charge in [-0.1, -0.05) is 0 Å². The van der Waals surface area contributed by atoms with Crippen LogP contribution in [0.5, 0.6) is 0 Å². The summed E-state index contributed by atoms with van der Waals surface area (Å²) in [6, 6.07) is -2.87. The Hall–Kier alpha value is -1.62. The van der Waals surface area contributed by atoms with Crippen molar-refractivity contribution < 1.29 is 79.2 Å². The molecule has 3 aliphatic heterocycles. The lowest BCUT2D eigenvalue weighted by molar-refractivity contribution is -0.360. The molecule has 232 valence electrons. The van der Waals surface area contributed by atoms with Gasteiger partial charge in [0.05, 0.1) is 19.8 Å². The number of rotatable bonds is 9. The summed E-state index contributed by atoms with van der Waals surface area (Å²) in [5.41, 5.74) is 0. The number of hydrogen-bond acceptors (Lipinski definition) is 16. The van der Waals surface area contributed by atoms with E-state index in [0.717, 1.165) is 13.8 Å². The molecule has 2 amide bonds. The Bertz CT molecular complexity index is 852.